The van der Waals surface area contributed by atoms with Crippen LogP contribution in [0, 0.1) is 0 Å². The topological polar surface area (TPSA) is 72.2 Å². The summed E-state index contributed by atoms with van der Waals surface area (Å²) in [7, 11) is -2.89. The maximum Gasteiger partial charge on any atom is 0.152 e. The van der Waals surface area contributed by atoms with Crippen molar-refractivity contribution in [2.75, 3.05) is 16.8 Å². The van der Waals surface area contributed by atoms with E-state index in [2.05, 4.69) is 5.32 Å². The molecule has 110 valence electrons. The number of hydrogen-bond acceptors (Lipinski definition) is 4. The summed E-state index contributed by atoms with van der Waals surface area (Å²) in [5.41, 5.74) is 7.52. The number of rotatable bonds is 3. The number of nitrogens with one attached hydrogen (secondary N) is 1. The van der Waals surface area contributed by atoms with E-state index in [9.17, 15) is 8.42 Å². The van der Waals surface area contributed by atoms with Gasteiger partial charge in [-0.25, -0.2) is 8.42 Å². The Morgan fingerprint density at radius 2 is 1.90 bits per heavy atom. The van der Waals surface area contributed by atoms with Gasteiger partial charge in [0.2, 0.25) is 0 Å². The van der Waals surface area contributed by atoms with Crippen molar-refractivity contribution in [1.82, 2.24) is 0 Å². The van der Waals surface area contributed by atoms with Crippen molar-refractivity contribution < 1.29 is 8.42 Å². The Morgan fingerprint density at radius 3 is 2.52 bits per heavy atom. The van der Waals surface area contributed by atoms with Gasteiger partial charge in [-0.2, -0.15) is 0 Å². The lowest BCUT2D eigenvalue weighted by molar-refractivity contribution is 0.602. The number of hydrogen-bond donors (Lipinski definition) is 2. The lowest BCUT2D eigenvalue weighted by atomic mass is 10.0. The molecule has 0 amide bonds. The van der Waals surface area contributed by atoms with Gasteiger partial charge in [0, 0.05) is 22.7 Å². The standard InChI is InChI=1S/C15H16N2O2S2/c16-15(20)13-5-6-14(12-4-2-1-3-11(12)13)17-10-7-8-21(18,19)9-10/h1-6,10,17H,7-9H2,(H2,16,20). The molecule has 3 rings (SSSR count). The highest BCUT2D eigenvalue weighted by Gasteiger charge is 2.28. The van der Waals surface area contributed by atoms with Crippen LogP contribution in [0.4, 0.5) is 5.69 Å². The van der Waals surface area contributed by atoms with Gasteiger partial charge in [-0.15, -0.1) is 0 Å². The lowest BCUT2D eigenvalue weighted by Crippen LogP contribution is -2.21. The molecule has 1 atom stereocenters. The molecule has 1 aliphatic heterocycles. The van der Waals surface area contributed by atoms with Crippen molar-refractivity contribution in [2.45, 2.75) is 12.5 Å². The van der Waals surface area contributed by atoms with Crippen LogP contribution in [0.2, 0.25) is 0 Å². The zero-order valence-electron chi connectivity index (χ0n) is 11.4. The minimum atomic E-state index is -2.89. The first-order chi connectivity index (χ1) is 9.96. The quantitative estimate of drug-likeness (QED) is 0.847. The van der Waals surface area contributed by atoms with E-state index in [1.807, 2.05) is 36.4 Å². The van der Waals surface area contributed by atoms with Gasteiger partial charge in [-0.1, -0.05) is 36.5 Å². The molecular formula is C15H16N2O2S2. The van der Waals surface area contributed by atoms with Crippen LogP contribution in [0.3, 0.4) is 0 Å². The Labute approximate surface area is 129 Å². The molecule has 2 aromatic carbocycles. The number of nitrogens with two attached hydrogens (primary N) is 1. The average molecular weight is 320 g/mol. The van der Waals surface area contributed by atoms with Crippen molar-refractivity contribution in [2.24, 2.45) is 5.73 Å². The Balaban J connectivity index is 2.01. The van der Waals surface area contributed by atoms with E-state index in [0.717, 1.165) is 22.0 Å². The molecule has 0 saturated carbocycles. The summed E-state index contributed by atoms with van der Waals surface area (Å²) in [5, 5.41) is 5.33. The fourth-order valence-corrected chi connectivity index (χ4v) is 4.62. The number of anilines is 1. The molecule has 0 aliphatic carbocycles. The Kier molecular flexibility index (Phi) is 3.59. The van der Waals surface area contributed by atoms with Gasteiger partial charge in [0.15, 0.2) is 9.84 Å². The molecule has 2 aromatic rings. The molecule has 0 aromatic heterocycles. The normalized spacial score (nSPS) is 20.5. The molecule has 0 spiro atoms. The fourth-order valence-electron chi connectivity index (χ4n) is 2.77. The van der Waals surface area contributed by atoms with Crippen molar-refractivity contribution in [3.05, 3.63) is 42.0 Å². The van der Waals surface area contributed by atoms with E-state index >= 15 is 0 Å². The third kappa shape index (κ3) is 2.87. The minimum absolute atomic E-state index is 0.0333. The molecular weight excluding hydrogens is 304 g/mol. The van der Waals surface area contributed by atoms with E-state index in [4.69, 9.17) is 18.0 Å². The zero-order chi connectivity index (χ0) is 15.0. The second-order valence-corrected chi connectivity index (χ2v) is 7.98. The minimum Gasteiger partial charge on any atom is -0.389 e. The maximum absolute atomic E-state index is 11.6. The Bertz CT molecular complexity index is 816. The molecule has 1 heterocycles. The lowest BCUT2D eigenvalue weighted by Gasteiger charge is -2.16. The SMILES string of the molecule is NC(=S)c1ccc(NC2CCS(=O)(=O)C2)c2ccccc12. The molecule has 1 aliphatic rings. The molecule has 3 N–H and O–H groups in total. The van der Waals surface area contributed by atoms with Crippen LogP contribution in [-0.2, 0) is 9.84 Å². The predicted octanol–water partition coefficient (Wildman–Crippen LogP) is 2.07. The Hall–Kier alpha value is -1.66. The fraction of sp³-hybridized carbons (Fsp3) is 0.267. The summed E-state index contributed by atoms with van der Waals surface area (Å²) in [4.78, 5) is 0.362. The second-order valence-electron chi connectivity index (χ2n) is 5.31. The second kappa shape index (κ2) is 5.27. The van der Waals surface area contributed by atoms with E-state index in [-0.39, 0.29) is 17.5 Å². The van der Waals surface area contributed by atoms with Crippen LogP contribution in [0.5, 0.6) is 0 Å². The number of thiocarbonyl (C=S) groups is 1. The highest BCUT2D eigenvalue weighted by Crippen LogP contribution is 2.28. The summed E-state index contributed by atoms with van der Waals surface area (Å²) < 4.78 is 23.1. The van der Waals surface area contributed by atoms with Crippen LogP contribution in [-0.4, -0.2) is 31.0 Å². The van der Waals surface area contributed by atoms with E-state index in [1.165, 1.54) is 0 Å². The molecule has 0 bridgehead atoms. The molecule has 1 unspecified atom stereocenters. The number of sulfone groups is 1. The summed E-state index contributed by atoms with van der Waals surface area (Å²) in [6.07, 6.45) is 0.647. The monoisotopic (exact) mass is 320 g/mol. The maximum atomic E-state index is 11.6. The van der Waals surface area contributed by atoms with E-state index in [0.29, 0.717) is 11.4 Å². The third-order valence-electron chi connectivity index (χ3n) is 3.78. The van der Waals surface area contributed by atoms with Crippen molar-refractivity contribution in [1.29, 1.82) is 0 Å². The van der Waals surface area contributed by atoms with E-state index in [1.54, 1.807) is 0 Å². The summed E-state index contributed by atoms with van der Waals surface area (Å²) in [6, 6.07) is 11.6. The molecule has 1 saturated heterocycles. The van der Waals surface area contributed by atoms with Gasteiger partial charge < -0.3 is 11.1 Å². The molecule has 6 heteroatoms. The van der Waals surface area contributed by atoms with Crippen molar-refractivity contribution >= 4 is 43.5 Å². The van der Waals surface area contributed by atoms with Gasteiger partial charge in [0.05, 0.1) is 11.5 Å². The first-order valence-corrected chi connectivity index (χ1v) is 8.98. The van der Waals surface area contributed by atoms with Crippen LogP contribution < -0.4 is 11.1 Å². The van der Waals surface area contributed by atoms with Crippen molar-refractivity contribution in [3.63, 3.8) is 0 Å². The van der Waals surface area contributed by atoms with Crippen LogP contribution >= 0.6 is 12.2 Å². The van der Waals surface area contributed by atoms with Crippen LogP contribution in [0.25, 0.3) is 10.8 Å². The highest BCUT2D eigenvalue weighted by atomic mass is 32.2. The predicted molar refractivity (Wildman–Crippen MR) is 90.5 cm³/mol. The van der Waals surface area contributed by atoms with Crippen LogP contribution in [0.15, 0.2) is 36.4 Å². The molecule has 0 radical (unpaired) electrons. The molecule has 4 nitrogen and oxygen atoms in total. The van der Waals surface area contributed by atoms with Gasteiger partial charge in [-0.05, 0) is 23.9 Å². The first kappa shape index (κ1) is 14.3. The van der Waals surface area contributed by atoms with Gasteiger partial charge in [0.1, 0.15) is 4.99 Å². The van der Waals surface area contributed by atoms with Gasteiger partial charge in [-0.3, -0.25) is 0 Å². The van der Waals surface area contributed by atoms with Gasteiger partial charge in [0.25, 0.3) is 0 Å². The smallest absolute Gasteiger partial charge is 0.152 e. The van der Waals surface area contributed by atoms with Gasteiger partial charge >= 0.3 is 0 Å². The third-order valence-corrected chi connectivity index (χ3v) is 5.77. The number of fused-ring (bicyclic) bond motifs is 1. The van der Waals surface area contributed by atoms with E-state index < -0.39 is 9.84 Å². The largest absolute Gasteiger partial charge is 0.389 e. The zero-order valence-corrected chi connectivity index (χ0v) is 13.0. The Morgan fingerprint density at radius 1 is 1.19 bits per heavy atom. The highest BCUT2D eigenvalue weighted by molar-refractivity contribution is 7.91. The van der Waals surface area contributed by atoms with Crippen LogP contribution in [0.1, 0.15) is 12.0 Å². The summed E-state index contributed by atoms with van der Waals surface area (Å²) in [6.45, 7) is 0. The summed E-state index contributed by atoms with van der Waals surface area (Å²) in [5.74, 6) is 0.450. The summed E-state index contributed by atoms with van der Waals surface area (Å²) >= 11 is 5.08. The van der Waals surface area contributed by atoms with Crippen molar-refractivity contribution in [3.8, 4) is 0 Å². The first-order valence-electron chi connectivity index (χ1n) is 6.75. The molecule has 1 fully saturated rings. The number of benzene rings is 2. The average Bonchev–Trinajstić information content (AvgIpc) is 2.78. The molecule has 21 heavy (non-hydrogen) atoms.